The highest BCUT2D eigenvalue weighted by molar-refractivity contribution is 9.10. The maximum absolute atomic E-state index is 10.9. The standard InChI is InChI=1S/C14H7BrClNO2/c15-11-6-8-5-7(14(18)19)1-2-9(8)12-10(11)3-4-17-13(12)16/h1-6H,(H,18,19)/p-1. The van der Waals surface area contributed by atoms with Crippen molar-refractivity contribution in [1.29, 1.82) is 0 Å². The number of carboxylic acids is 1. The van der Waals surface area contributed by atoms with Crippen molar-refractivity contribution < 1.29 is 9.90 Å². The van der Waals surface area contributed by atoms with Crippen LogP contribution in [0.4, 0.5) is 0 Å². The number of pyridine rings is 1. The van der Waals surface area contributed by atoms with Crippen LogP contribution in [0.1, 0.15) is 10.4 Å². The Hall–Kier alpha value is -1.65. The van der Waals surface area contributed by atoms with E-state index in [-0.39, 0.29) is 5.56 Å². The zero-order valence-corrected chi connectivity index (χ0v) is 11.8. The molecule has 0 aliphatic rings. The van der Waals surface area contributed by atoms with E-state index in [1.807, 2.05) is 12.1 Å². The second kappa shape index (κ2) is 4.47. The summed E-state index contributed by atoms with van der Waals surface area (Å²) in [6.07, 6.45) is 1.64. The first kappa shape index (κ1) is 12.4. The molecule has 0 saturated heterocycles. The molecule has 3 aromatic rings. The number of halogens is 2. The van der Waals surface area contributed by atoms with Crippen LogP contribution in [0.25, 0.3) is 21.5 Å². The van der Waals surface area contributed by atoms with Crippen LogP contribution in [0.5, 0.6) is 0 Å². The number of rotatable bonds is 1. The number of carboxylic acid groups (broad SMARTS) is 1. The molecule has 0 radical (unpaired) electrons. The lowest BCUT2D eigenvalue weighted by Crippen LogP contribution is -2.21. The van der Waals surface area contributed by atoms with Crippen molar-refractivity contribution in [3.63, 3.8) is 0 Å². The molecule has 0 spiro atoms. The van der Waals surface area contributed by atoms with Gasteiger partial charge in [-0.3, -0.25) is 0 Å². The fourth-order valence-corrected chi connectivity index (χ4v) is 2.98. The first-order valence-corrected chi connectivity index (χ1v) is 6.63. The van der Waals surface area contributed by atoms with Crippen molar-refractivity contribution in [2.75, 3.05) is 0 Å². The van der Waals surface area contributed by atoms with E-state index in [9.17, 15) is 9.90 Å². The summed E-state index contributed by atoms with van der Waals surface area (Å²) in [5.41, 5.74) is 0.138. The molecule has 0 N–H and O–H groups in total. The number of hydrogen-bond donors (Lipinski definition) is 0. The van der Waals surface area contributed by atoms with Gasteiger partial charge in [0.1, 0.15) is 5.15 Å². The van der Waals surface area contributed by atoms with Gasteiger partial charge in [-0.05, 0) is 34.5 Å². The molecule has 19 heavy (non-hydrogen) atoms. The number of carbonyl (C=O) groups excluding carboxylic acids is 1. The second-order valence-electron chi connectivity index (χ2n) is 4.11. The molecule has 0 atom stereocenters. The molecular weight excluding hydrogens is 330 g/mol. The minimum Gasteiger partial charge on any atom is -0.545 e. The van der Waals surface area contributed by atoms with E-state index in [4.69, 9.17) is 11.6 Å². The molecule has 0 fully saturated rings. The Labute approximate surface area is 122 Å². The quantitative estimate of drug-likeness (QED) is 0.507. The summed E-state index contributed by atoms with van der Waals surface area (Å²) < 4.78 is 0.842. The Balaban J connectivity index is 2.51. The monoisotopic (exact) mass is 334 g/mol. The van der Waals surface area contributed by atoms with Gasteiger partial charge in [0.2, 0.25) is 0 Å². The molecule has 0 saturated carbocycles. The third kappa shape index (κ3) is 1.97. The molecule has 1 aromatic heterocycles. The molecule has 0 aliphatic heterocycles. The SMILES string of the molecule is O=C([O-])c1ccc2c(c1)cc(Br)c1ccnc(Cl)c12. The Kier molecular flexibility index (Phi) is 2.92. The number of carbonyl (C=O) groups is 1. The van der Waals surface area contributed by atoms with Gasteiger partial charge in [-0.2, -0.15) is 0 Å². The van der Waals surface area contributed by atoms with Crippen LogP contribution in [0.15, 0.2) is 41.0 Å². The largest absolute Gasteiger partial charge is 0.545 e. The fraction of sp³-hybridized carbons (Fsp3) is 0. The maximum Gasteiger partial charge on any atom is 0.137 e. The number of nitrogens with zero attached hydrogens (tertiary/aromatic N) is 1. The topological polar surface area (TPSA) is 53.0 Å². The molecule has 5 heteroatoms. The van der Waals surface area contributed by atoms with Crippen LogP contribution >= 0.6 is 27.5 Å². The zero-order valence-electron chi connectivity index (χ0n) is 9.48. The Bertz CT molecular complexity index is 832. The van der Waals surface area contributed by atoms with Crippen molar-refractivity contribution >= 4 is 55.0 Å². The van der Waals surface area contributed by atoms with Gasteiger partial charge in [0.15, 0.2) is 0 Å². The third-order valence-corrected chi connectivity index (χ3v) is 3.94. The van der Waals surface area contributed by atoms with Gasteiger partial charge in [-0.15, -0.1) is 0 Å². The van der Waals surface area contributed by atoms with E-state index in [0.29, 0.717) is 5.15 Å². The van der Waals surface area contributed by atoms with Gasteiger partial charge in [-0.25, -0.2) is 4.98 Å². The van der Waals surface area contributed by atoms with Gasteiger partial charge in [0, 0.05) is 21.4 Å². The number of aromatic carboxylic acids is 1. The molecule has 2 aromatic carbocycles. The minimum absolute atomic E-state index is 0.138. The summed E-state index contributed by atoms with van der Waals surface area (Å²) in [7, 11) is 0. The summed E-state index contributed by atoms with van der Waals surface area (Å²) >= 11 is 9.61. The summed E-state index contributed by atoms with van der Waals surface area (Å²) in [6.45, 7) is 0. The molecule has 3 rings (SSSR count). The Morgan fingerprint density at radius 2 is 2.00 bits per heavy atom. The average molecular weight is 336 g/mol. The van der Waals surface area contributed by atoms with Gasteiger partial charge in [0.05, 0.1) is 5.97 Å². The summed E-state index contributed by atoms with van der Waals surface area (Å²) in [4.78, 5) is 15.0. The van der Waals surface area contributed by atoms with Crippen LogP contribution in [0.2, 0.25) is 5.15 Å². The molecule has 0 unspecified atom stereocenters. The van der Waals surface area contributed by atoms with Gasteiger partial charge in [0.25, 0.3) is 0 Å². The molecule has 0 aliphatic carbocycles. The molecule has 94 valence electrons. The highest BCUT2D eigenvalue weighted by Gasteiger charge is 2.09. The lowest BCUT2D eigenvalue weighted by atomic mass is 10.0. The molecule has 0 amide bonds. The highest BCUT2D eigenvalue weighted by Crippen LogP contribution is 2.35. The van der Waals surface area contributed by atoms with E-state index in [1.165, 1.54) is 6.07 Å². The van der Waals surface area contributed by atoms with Crippen LogP contribution < -0.4 is 5.11 Å². The Morgan fingerprint density at radius 1 is 1.21 bits per heavy atom. The number of benzene rings is 2. The first-order valence-electron chi connectivity index (χ1n) is 5.46. The van der Waals surface area contributed by atoms with Gasteiger partial charge < -0.3 is 9.90 Å². The smallest absolute Gasteiger partial charge is 0.137 e. The average Bonchev–Trinajstić information content (AvgIpc) is 2.38. The molecular formula is C14H6BrClNO2-. The van der Waals surface area contributed by atoms with E-state index >= 15 is 0 Å². The summed E-state index contributed by atoms with van der Waals surface area (Å²) in [5, 5.41) is 14.7. The van der Waals surface area contributed by atoms with Crippen molar-refractivity contribution in [2.45, 2.75) is 0 Å². The lowest BCUT2D eigenvalue weighted by Gasteiger charge is -2.09. The summed E-state index contributed by atoms with van der Waals surface area (Å²) in [6, 6.07) is 8.52. The number of fused-ring (bicyclic) bond motifs is 3. The fourth-order valence-electron chi connectivity index (χ4n) is 2.14. The first-order chi connectivity index (χ1) is 9.08. The molecule has 3 nitrogen and oxygen atoms in total. The maximum atomic E-state index is 10.9. The van der Waals surface area contributed by atoms with E-state index in [1.54, 1.807) is 18.3 Å². The zero-order chi connectivity index (χ0) is 13.6. The van der Waals surface area contributed by atoms with Crippen molar-refractivity contribution in [3.8, 4) is 0 Å². The van der Waals surface area contributed by atoms with Crippen molar-refractivity contribution in [3.05, 3.63) is 51.7 Å². The minimum atomic E-state index is -1.20. The second-order valence-corrected chi connectivity index (χ2v) is 5.32. The van der Waals surface area contributed by atoms with Crippen LogP contribution in [0.3, 0.4) is 0 Å². The number of hydrogen-bond acceptors (Lipinski definition) is 3. The predicted molar refractivity (Wildman–Crippen MR) is 76.3 cm³/mol. The van der Waals surface area contributed by atoms with Crippen LogP contribution in [-0.2, 0) is 0 Å². The summed E-state index contributed by atoms with van der Waals surface area (Å²) in [5.74, 6) is -1.20. The predicted octanol–water partition coefficient (Wildman–Crippen LogP) is 3.17. The molecule has 0 bridgehead atoms. The highest BCUT2D eigenvalue weighted by atomic mass is 79.9. The third-order valence-electron chi connectivity index (χ3n) is 3.00. The van der Waals surface area contributed by atoms with Gasteiger partial charge >= 0.3 is 0 Å². The van der Waals surface area contributed by atoms with Crippen LogP contribution in [0, 0.1) is 0 Å². The molecule has 1 heterocycles. The van der Waals surface area contributed by atoms with E-state index in [2.05, 4.69) is 20.9 Å². The Morgan fingerprint density at radius 3 is 2.74 bits per heavy atom. The van der Waals surface area contributed by atoms with Crippen molar-refractivity contribution in [2.24, 2.45) is 0 Å². The lowest BCUT2D eigenvalue weighted by molar-refractivity contribution is -0.255. The van der Waals surface area contributed by atoms with E-state index in [0.717, 1.165) is 26.0 Å². The van der Waals surface area contributed by atoms with Crippen LogP contribution in [-0.4, -0.2) is 11.0 Å². The van der Waals surface area contributed by atoms with Crippen molar-refractivity contribution in [1.82, 2.24) is 4.98 Å². The van der Waals surface area contributed by atoms with E-state index < -0.39 is 5.97 Å². The normalized spacial score (nSPS) is 11.1. The van der Waals surface area contributed by atoms with Gasteiger partial charge in [-0.1, -0.05) is 39.7 Å². The number of aromatic nitrogens is 1.